The number of hydrogen-bond donors (Lipinski definition) is 1. The Balaban J connectivity index is 1.60. The molecule has 1 atom stereocenters. The predicted octanol–water partition coefficient (Wildman–Crippen LogP) is 2.18. The first-order chi connectivity index (χ1) is 11.9. The van der Waals surface area contributed by atoms with Gasteiger partial charge < -0.3 is 9.84 Å². The van der Waals surface area contributed by atoms with Crippen molar-refractivity contribution in [2.24, 2.45) is 5.92 Å². The number of amides is 1. The number of aryl methyl sites for hydroxylation is 2. The maximum Gasteiger partial charge on any atom is 0.273 e. The van der Waals surface area contributed by atoms with Crippen LogP contribution < -0.4 is 5.32 Å². The van der Waals surface area contributed by atoms with Crippen LogP contribution in [0.3, 0.4) is 0 Å². The van der Waals surface area contributed by atoms with Crippen LogP contribution in [0.15, 0.2) is 26.9 Å². The van der Waals surface area contributed by atoms with Gasteiger partial charge in [-0.1, -0.05) is 5.16 Å². The number of rotatable bonds is 5. The minimum absolute atomic E-state index is 0.0848. The van der Waals surface area contributed by atoms with E-state index in [9.17, 15) is 13.2 Å². The molecule has 0 bridgehead atoms. The molecule has 9 heteroatoms. The Hall–Kier alpha value is -1.71. The summed E-state index contributed by atoms with van der Waals surface area (Å²) in [4.78, 5) is 13.0. The van der Waals surface area contributed by atoms with E-state index in [0.717, 1.165) is 17.7 Å². The SMILES string of the molecule is Cc1cc(C(=O)NC[C@@H]2CCCN(S(=O)(=O)c3ccc(C)s3)C2)no1. The van der Waals surface area contributed by atoms with Crippen molar-refractivity contribution in [3.8, 4) is 0 Å². The molecule has 3 heterocycles. The fourth-order valence-corrected chi connectivity index (χ4v) is 5.88. The quantitative estimate of drug-likeness (QED) is 0.854. The van der Waals surface area contributed by atoms with Gasteiger partial charge in [0.05, 0.1) is 0 Å². The third kappa shape index (κ3) is 4.10. The lowest BCUT2D eigenvalue weighted by Crippen LogP contribution is -2.43. The maximum atomic E-state index is 12.7. The molecule has 0 spiro atoms. The van der Waals surface area contributed by atoms with Gasteiger partial charge in [-0.15, -0.1) is 11.3 Å². The average molecular weight is 383 g/mol. The lowest BCUT2D eigenvalue weighted by atomic mass is 10.00. The van der Waals surface area contributed by atoms with Crippen LogP contribution in [0.5, 0.6) is 0 Å². The van der Waals surface area contributed by atoms with Gasteiger partial charge in [-0.25, -0.2) is 8.42 Å². The van der Waals surface area contributed by atoms with Crippen LogP contribution in [0.25, 0.3) is 0 Å². The van der Waals surface area contributed by atoms with E-state index in [0.29, 0.717) is 29.6 Å². The van der Waals surface area contributed by atoms with E-state index in [-0.39, 0.29) is 17.5 Å². The number of carbonyl (C=O) groups excluding carboxylic acids is 1. The van der Waals surface area contributed by atoms with Gasteiger partial charge >= 0.3 is 0 Å². The summed E-state index contributed by atoms with van der Waals surface area (Å²) in [6.45, 7) is 4.97. The molecular formula is C16H21N3O4S2. The minimum atomic E-state index is -3.45. The summed E-state index contributed by atoms with van der Waals surface area (Å²) in [7, 11) is -3.45. The number of sulfonamides is 1. The molecule has 0 aromatic carbocycles. The second-order valence-electron chi connectivity index (χ2n) is 6.27. The van der Waals surface area contributed by atoms with E-state index in [4.69, 9.17) is 4.52 Å². The van der Waals surface area contributed by atoms with Crippen molar-refractivity contribution >= 4 is 27.3 Å². The van der Waals surface area contributed by atoms with Gasteiger partial charge in [0.2, 0.25) is 0 Å². The molecule has 7 nitrogen and oxygen atoms in total. The predicted molar refractivity (Wildman–Crippen MR) is 94.1 cm³/mol. The fourth-order valence-electron chi connectivity index (χ4n) is 2.89. The highest BCUT2D eigenvalue weighted by atomic mass is 32.2. The Morgan fingerprint density at radius 1 is 1.44 bits per heavy atom. The zero-order valence-corrected chi connectivity index (χ0v) is 15.8. The number of nitrogens with zero attached hydrogens (tertiary/aromatic N) is 2. The number of nitrogens with one attached hydrogen (secondary N) is 1. The Labute approximate surface area is 151 Å². The number of piperidine rings is 1. The molecule has 136 valence electrons. The molecule has 1 fully saturated rings. The third-order valence-electron chi connectivity index (χ3n) is 4.20. The second kappa shape index (κ2) is 7.27. The topological polar surface area (TPSA) is 92.5 Å². The van der Waals surface area contributed by atoms with Crippen molar-refractivity contribution in [1.82, 2.24) is 14.8 Å². The van der Waals surface area contributed by atoms with Crippen LogP contribution in [-0.4, -0.2) is 43.4 Å². The van der Waals surface area contributed by atoms with Crippen molar-refractivity contribution in [2.45, 2.75) is 30.9 Å². The molecule has 1 amide bonds. The van der Waals surface area contributed by atoms with Gasteiger partial charge in [-0.05, 0) is 44.7 Å². The third-order valence-corrected chi connectivity index (χ3v) is 7.54. The summed E-state index contributed by atoms with van der Waals surface area (Å²) >= 11 is 1.29. The van der Waals surface area contributed by atoms with E-state index < -0.39 is 10.0 Å². The zero-order valence-electron chi connectivity index (χ0n) is 14.2. The van der Waals surface area contributed by atoms with E-state index in [1.165, 1.54) is 15.6 Å². The summed E-state index contributed by atoms with van der Waals surface area (Å²) in [5.74, 6) is 0.360. The molecule has 1 saturated heterocycles. The van der Waals surface area contributed by atoms with Crippen LogP contribution in [0, 0.1) is 19.8 Å². The lowest BCUT2D eigenvalue weighted by Gasteiger charge is -2.31. The van der Waals surface area contributed by atoms with Gasteiger partial charge in [0.25, 0.3) is 15.9 Å². The van der Waals surface area contributed by atoms with Crippen LogP contribution in [0.4, 0.5) is 0 Å². The Kier molecular flexibility index (Phi) is 5.26. The van der Waals surface area contributed by atoms with Crippen molar-refractivity contribution < 1.29 is 17.7 Å². The average Bonchev–Trinajstić information content (AvgIpc) is 3.22. The first-order valence-corrected chi connectivity index (χ1v) is 10.4. The van der Waals surface area contributed by atoms with Gasteiger partial charge in [0, 0.05) is 30.6 Å². The number of carbonyl (C=O) groups is 1. The van der Waals surface area contributed by atoms with Gasteiger partial charge in [-0.3, -0.25) is 4.79 Å². The number of thiophene rings is 1. The van der Waals surface area contributed by atoms with Crippen molar-refractivity contribution in [3.63, 3.8) is 0 Å². The highest BCUT2D eigenvalue weighted by Crippen LogP contribution is 2.28. The molecule has 0 saturated carbocycles. The molecule has 3 rings (SSSR count). The molecule has 25 heavy (non-hydrogen) atoms. The number of hydrogen-bond acceptors (Lipinski definition) is 6. The zero-order chi connectivity index (χ0) is 18.0. The van der Waals surface area contributed by atoms with E-state index in [1.54, 1.807) is 19.1 Å². The first kappa shape index (κ1) is 18.1. The van der Waals surface area contributed by atoms with Crippen molar-refractivity contribution in [2.75, 3.05) is 19.6 Å². The number of aromatic nitrogens is 1. The molecule has 1 aliphatic heterocycles. The smallest absolute Gasteiger partial charge is 0.273 e. The fraction of sp³-hybridized carbons (Fsp3) is 0.500. The van der Waals surface area contributed by atoms with Gasteiger partial charge in [0.1, 0.15) is 9.97 Å². The Bertz CT molecular complexity index is 856. The van der Waals surface area contributed by atoms with E-state index in [2.05, 4.69) is 10.5 Å². The summed E-state index contributed by atoms with van der Waals surface area (Å²) in [6, 6.07) is 5.05. The highest BCUT2D eigenvalue weighted by Gasteiger charge is 2.31. The monoisotopic (exact) mass is 383 g/mol. The largest absolute Gasteiger partial charge is 0.361 e. The summed E-state index contributed by atoms with van der Waals surface area (Å²) in [6.07, 6.45) is 1.67. The first-order valence-electron chi connectivity index (χ1n) is 8.14. The second-order valence-corrected chi connectivity index (χ2v) is 9.72. The summed E-state index contributed by atoms with van der Waals surface area (Å²) in [5.41, 5.74) is 0.242. The molecule has 0 radical (unpaired) electrons. The van der Waals surface area contributed by atoms with E-state index in [1.807, 2.05) is 13.0 Å². The van der Waals surface area contributed by atoms with Gasteiger partial charge in [-0.2, -0.15) is 4.31 Å². The van der Waals surface area contributed by atoms with Crippen LogP contribution in [0.2, 0.25) is 0 Å². The summed E-state index contributed by atoms with van der Waals surface area (Å²) < 4.78 is 32.3. The van der Waals surface area contributed by atoms with E-state index >= 15 is 0 Å². The van der Waals surface area contributed by atoms with Crippen LogP contribution in [0.1, 0.15) is 34.0 Å². The molecule has 1 aliphatic rings. The van der Waals surface area contributed by atoms with Crippen LogP contribution in [-0.2, 0) is 10.0 Å². The Morgan fingerprint density at radius 3 is 2.88 bits per heavy atom. The standard InChI is InChI=1S/C16H21N3O4S2/c1-11-8-14(18-23-11)16(20)17-9-13-4-3-7-19(10-13)25(21,22)15-6-5-12(2)24-15/h5-6,8,13H,3-4,7,9-10H2,1-2H3,(H,17,20)/t13-/m0/s1. The lowest BCUT2D eigenvalue weighted by molar-refractivity contribution is 0.0932. The summed E-state index contributed by atoms with van der Waals surface area (Å²) in [5, 5.41) is 6.50. The molecule has 0 unspecified atom stereocenters. The highest BCUT2D eigenvalue weighted by molar-refractivity contribution is 7.91. The molecule has 0 aliphatic carbocycles. The normalized spacial score (nSPS) is 19.0. The van der Waals surface area contributed by atoms with Crippen molar-refractivity contribution in [1.29, 1.82) is 0 Å². The van der Waals surface area contributed by atoms with Crippen LogP contribution >= 0.6 is 11.3 Å². The van der Waals surface area contributed by atoms with Gasteiger partial charge in [0.15, 0.2) is 5.69 Å². The van der Waals surface area contributed by atoms with Crippen molar-refractivity contribution in [3.05, 3.63) is 34.5 Å². The molecule has 2 aromatic heterocycles. The molecular weight excluding hydrogens is 362 g/mol. The molecule has 2 aromatic rings. The maximum absolute atomic E-state index is 12.7. The minimum Gasteiger partial charge on any atom is -0.361 e. The molecule has 1 N–H and O–H groups in total. The Morgan fingerprint density at radius 2 is 2.24 bits per heavy atom.